The van der Waals surface area contributed by atoms with E-state index in [-0.39, 0.29) is 5.97 Å². The number of nitrogens with zero attached hydrogens (tertiary/aromatic N) is 1. The van der Waals surface area contributed by atoms with Crippen LogP contribution < -0.4 is 0 Å². The van der Waals surface area contributed by atoms with Gasteiger partial charge >= 0.3 is 5.97 Å². The van der Waals surface area contributed by atoms with Crippen molar-refractivity contribution in [3.63, 3.8) is 0 Å². The van der Waals surface area contributed by atoms with Gasteiger partial charge in [-0.3, -0.25) is 4.90 Å². The van der Waals surface area contributed by atoms with Gasteiger partial charge in [0.15, 0.2) is 6.04 Å². The maximum atomic E-state index is 12.7. The Kier molecular flexibility index (Phi) is 7.84. The van der Waals surface area contributed by atoms with Gasteiger partial charge in [-0.05, 0) is 18.1 Å². The van der Waals surface area contributed by atoms with E-state index in [1.54, 1.807) is 0 Å². The fourth-order valence-corrected chi connectivity index (χ4v) is 3.25. The number of ether oxygens (including phenoxy) is 1. The number of rotatable bonds is 7. The van der Waals surface area contributed by atoms with Crippen molar-refractivity contribution in [1.29, 1.82) is 0 Å². The van der Waals surface area contributed by atoms with Gasteiger partial charge in [0, 0.05) is 13.1 Å². The number of hydrogen-bond donors (Lipinski definition) is 0. The van der Waals surface area contributed by atoms with Crippen LogP contribution in [0.15, 0.2) is 60.7 Å². The number of hydrogen-bond acceptors (Lipinski definition) is 3. The molecule has 4 heteroatoms. The van der Waals surface area contributed by atoms with E-state index in [4.69, 9.17) is 4.74 Å². The highest BCUT2D eigenvalue weighted by Crippen LogP contribution is 2.15. The minimum atomic E-state index is -1.61. The molecule has 0 N–H and O–H groups in total. The molecule has 27 heavy (non-hydrogen) atoms. The van der Waals surface area contributed by atoms with E-state index in [1.807, 2.05) is 43.3 Å². The predicted octanol–water partition coefficient (Wildman–Crippen LogP) is 4.50. The van der Waals surface area contributed by atoms with Gasteiger partial charge < -0.3 is 4.74 Å². The highest BCUT2D eigenvalue weighted by molar-refractivity contribution is 6.83. The molecule has 2 aromatic carbocycles. The van der Waals surface area contributed by atoms with Crippen molar-refractivity contribution in [1.82, 2.24) is 4.90 Å². The molecule has 0 amide bonds. The largest absolute Gasteiger partial charge is 0.464 e. The number of esters is 1. The van der Waals surface area contributed by atoms with Crippen LogP contribution in [0.5, 0.6) is 0 Å². The maximum absolute atomic E-state index is 12.7. The molecule has 0 aliphatic rings. The van der Waals surface area contributed by atoms with Crippen molar-refractivity contribution in [3.8, 4) is 11.5 Å². The minimum absolute atomic E-state index is 0.268. The molecule has 0 saturated heterocycles. The van der Waals surface area contributed by atoms with Gasteiger partial charge in [-0.15, -0.1) is 5.54 Å². The molecule has 0 aliphatic carbocycles. The number of carbonyl (C=O) groups is 1. The van der Waals surface area contributed by atoms with E-state index < -0.39 is 14.1 Å². The fourth-order valence-electron chi connectivity index (χ4n) is 2.68. The van der Waals surface area contributed by atoms with Gasteiger partial charge in [-0.25, -0.2) is 4.79 Å². The minimum Gasteiger partial charge on any atom is -0.464 e. The summed E-state index contributed by atoms with van der Waals surface area (Å²) in [6.45, 7) is 10.0. The first-order valence-electron chi connectivity index (χ1n) is 9.40. The Morgan fingerprint density at radius 2 is 1.44 bits per heavy atom. The third kappa shape index (κ3) is 7.42. The molecule has 0 aromatic heterocycles. The van der Waals surface area contributed by atoms with E-state index in [0.29, 0.717) is 19.7 Å². The Morgan fingerprint density at radius 3 is 1.85 bits per heavy atom. The zero-order chi connectivity index (χ0) is 19.7. The zero-order valence-electron chi connectivity index (χ0n) is 16.7. The molecule has 0 saturated carbocycles. The Balaban J connectivity index is 2.37. The van der Waals surface area contributed by atoms with Crippen LogP contribution in [0.2, 0.25) is 19.6 Å². The Bertz CT molecular complexity index is 731. The second-order valence-electron chi connectivity index (χ2n) is 7.55. The average molecular weight is 380 g/mol. The van der Waals surface area contributed by atoms with Crippen molar-refractivity contribution in [2.45, 2.75) is 45.7 Å². The van der Waals surface area contributed by atoms with Crippen LogP contribution in [0.25, 0.3) is 0 Å². The zero-order valence-corrected chi connectivity index (χ0v) is 17.7. The van der Waals surface area contributed by atoms with Gasteiger partial charge in [0.05, 0.1) is 6.61 Å². The summed E-state index contributed by atoms with van der Waals surface area (Å²) in [5.74, 6) is 2.98. The summed E-state index contributed by atoms with van der Waals surface area (Å²) in [6, 6.07) is 19.8. The summed E-state index contributed by atoms with van der Waals surface area (Å²) >= 11 is 0. The van der Waals surface area contributed by atoms with E-state index in [0.717, 1.165) is 11.1 Å². The summed E-state index contributed by atoms with van der Waals surface area (Å²) in [6.07, 6.45) is 0. The Labute approximate surface area is 164 Å². The molecule has 142 valence electrons. The van der Waals surface area contributed by atoms with E-state index >= 15 is 0 Å². The topological polar surface area (TPSA) is 29.5 Å². The maximum Gasteiger partial charge on any atom is 0.335 e. The molecule has 0 radical (unpaired) electrons. The van der Waals surface area contributed by atoms with Crippen molar-refractivity contribution in [2.24, 2.45) is 0 Å². The lowest BCUT2D eigenvalue weighted by molar-refractivity contribution is -0.147. The average Bonchev–Trinajstić information content (AvgIpc) is 2.63. The first-order chi connectivity index (χ1) is 12.9. The van der Waals surface area contributed by atoms with Gasteiger partial charge in [0.25, 0.3) is 0 Å². The molecular formula is C23H29NO2Si. The van der Waals surface area contributed by atoms with Crippen molar-refractivity contribution in [2.75, 3.05) is 6.61 Å². The fraction of sp³-hybridized carbons (Fsp3) is 0.348. The van der Waals surface area contributed by atoms with Crippen LogP contribution in [0.3, 0.4) is 0 Å². The highest BCUT2D eigenvalue weighted by Gasteiger charge is 2.26. The van der Waals surface area contributed by atoms with Crippen LogP contribution in [-0.4, -0.2) is 31.6 Å². The van der Waals surface area contributed by atoms with Crippen molar-refractivity contribution < 1.29 is 9.53 Å². The molecule has 0 aliphatic heterocycles. The summed E-state index contributed by atoms with van der Waals surface area (Å²) in [5, 5.41) is 0. The SMILES string of the molecule is CCOC(=O)C(C#C[Si](C)(C)C)N(Cc1ccccc1)Cc1ccccc1. The number of carbonyl (C=O) groups excluding carboxylic acids is 1. The van der Waals surface area contributed by atoms with Crippen LogP contribution in [0.4, 0.5) is 0 Å². The summed E-state index contributed by atoms with van der Waals surface area (Å²) in [7, 11) is -1.61. The van der Waals surface area contributed by atoms with Gasteiger partial charge in [0.2, 0.25) is 0 Å². The molecule has 3 nitrogen and oxygen atoms in total. The quantitative estimate of drug-likeness (QED) is 0.403. The Hall–Kier alpha value is -2.35. The van der Waals surface area contributed by atoms with Crippen LogP contribution >= 0.6 is 0 Å². The third-order valence-corrected chi connectivity index (χ3v) is 4.81. The predicted molar refractivity (Wildman–Crippen MR) is 114 cm³/mol. The Morgan fingerprint density at radius 1 is 0.963 bits per heavy atom. The van der Waals surface area contributed by atoms with Crippen molar-refractivity contribution in [3.05, 3.63) is 71.8 Å². The van der Waals surface area contributed by atoms with Crippen LogP contribution in [0, 0.1) is 11.5 Å². The van der Waals surface area contributed by atoms with Crippen molar-refractivity contribution >= 4 is 14.0 Å². The lowest BCUT2D eigenvalue weighted by Crippen LogP contribution is -2.41. The first kappa shape index (κ1) is 21.0. The highest BCUT2D eigenvalue weighted by atomic mass is 28.3. The number of benzene rings is 2. The second-order valence-corrected chi connectivity index (χ2v) is 12.3. The first-order valence-corrected chi connectivity index (χ1v) is 12.9. The molecule has 1 atom stereocenters. The molecular weight excluding hydrogens is 350 g/mol. The third-order valence-electron chi connectivity index (χ3n) is 3.92. The lowest BCUT2D eigenvalue weighted by atomic mass is 10.1. The van der Waals surface area contributed by atoms with Crippen LogP contribution in [-0.2, 0) is 22.6 Å². The van der Waals surface area contributed by atoms with Gasteiger partial charge in [-0.1, -0.05) is 86.2 Å². The second kappa shape index (κ2) is 10.1. The molecule has 0 heterocycles. The molecule has 0 fully saturated rings. The van der Waals surface area contributed by atoms with E-state index in [2.05, 4.69) is 60.3 Å². The molecule has 0 spiro atoms. The summed E-state index contributed by atoms with van der Waals surface area (Å²) in [5.41, 5.74) is 5.66. The van der Waals surface area contributed by atoms with E-state index in [1.165, 1.54) is 0 Å². The van der Waals surface area contributed by atoms with Gasteiger partial charge in [0.1, 0.15) is 8.07 Å². The molecule has 2 rings (SSSR count). The molecule has 1 unspecified atom stereocenters. The van der Waals surface area contributed by atoms with Crippen LogP contribution in [0.1, 0.15) is 18.1 Å². The molecule has 2 aromatic rings. The lowest BCUT2D eigenvalue weighted by Gasteiger charge is -2.27. The van der Waals surface area contributed by atoms with E-state index in [9.17, 15) is 4.79 Å². The standard InChI is InChI=1S/C23H29NO2Si/c1-5-26-23(25)22(16-17-27(2,3)4)24(18-20-12-8-6-9-13-20)19-21-14-10-7-11-15-21/h6-15,22H,5,18-19H2,1-4H3. The molecule has 0 bridgehead atoms. The summed E-state index contributed by atoms with van der Waals surface area (Å²) in [4.78, 5) is 14.8. The normalized spacial score (nSPS) is 12.2. The van der Waals surface area contributed by atoms with Gasteiger partial charge in [-0.2, -0.15) is 0 Å². The summed E-state index contributed by atoms with van der Waals surface area (Å²) < 4.78 is 5.36. The smallest absolute Gasteiger partial charge is 0.335 e. The monoisotopic (exact) mass is 379 g/mol.